The van der Waals surface area contributed by atoms with Gasteiger partial charge in [0.05, 0.1) is 0 Å². The van der Waals surface area contributed by atoms with Crippen LogP contribution in [-0.4, -0.2) is 56.1 Å². The van der Waals surface area contributed by atoms with Gasteiger partial charge in [0.1, 0.15) is 0 Å². The highest BCUT2D eigenvalue weighted by Gasteiger charge is 2.32. The molecule has 18 heavy (non-hydrogen) atoms. The first-order valence-corrected chi connectivity index (χ1v) is 7.47. The van der Waals surface area contributed by atoms with E-state index in [1.54, 1.807) is 0 Å². The lowest BCUT2D eigenvalue weighted by Crippen LogP contribution is -2.53. The Bertz CT molecular complexity index is 200. The maximum absolute atomic E-state index is 6.10. The van der Waals surface area contributed by atoms with Crippen LogP contribution in [0.5, 0.6) is 0 Å². The predicted octanol–water partition coefficient (Wildman–Crippen LogP) is 2.41. The van der Waals surface area contributed by atoms with E-state index in [1.807, 2.05) is 0 Å². The van der Waals surface area contributed by atoms with Gasteiger partial charge in [0, 0.05) is 12.1 Å². The lowest BCUT2D eigenvalue weighted by atomic mass is 9.83. The molecule has 0 aliphatic heterocycles. The second-order valence-electron chi connectivity index (χ2n) is 6.08. The van der Waals surface area contributed by atoms with Crippen molar-refractivity contribution in [2.45, 2.75) is 52.0 Å². The summed E-state index contributed by atoms with van der Waals surface area (Å²) in [7, 11) is 6.51. The van der Waals surface area contributed by atoms with Gasteiger partial charge in [0.25, 0.3) is 0 Å². The van der Waals surface area contributed by atoms with Gasteiger partial charge in [-0.15, -0.1) is 0 Å². The zero-order valence-electron chi connectivity index (χ0n) is 13.5. The summed E-state index contributed by atoms with van der Waals surface area (Å²) in [6, 6.07) is 0. The number of hydrogen-bond donors (Lipinski definition) is 1. The molecule has 0 bridgehead atoms. The fourth-order valence-corrected chi connectivity index (χ4v) is 2.61. The van der Waals surface area contributed by atoms with E-state index in [9.17, 15) is 0 Å². The fraction of sp³-hybridized carbons (Fsp3) is 1.00. The van der Waals surface area contributed by atoms with Crippen LogP contribution in [0.1, 0.15) is 46.5 Å². The third-order valence-electron chi connectivity index (χ3n) is 4.37. The first-order chi connectivity index (χ1) is 8.41. The average molecular weight is 257 g/mol. The largest absolute Gasteiger partial charge is 0.329 e. The van der Waals surface area contributed by atoms with Gasteiger partial charge in [0.2, 0.25) is 0 Å². The lowest BCUT2D eigenvalue weighted by molar-refractivity contribution is 0.0891. The summed E-state index contributed by atoms with van der Waals surface area (Å²) in [6.07, 6.45) is 4.82. The zero-order chi connectivity index (χ0) is 14.2. The summed E-state index contributed by atoms with van der Waals surface area (Å²) in [4.78, 5) is 4.75. The Morgan fingerprint density at radius 1 is 1.11 bits per heavy atom. The van der Waals surface area contributed by atoms with Crippen LogP contribution in [-0.2, 0) is 0 Å². The highest BCUT2D eigenvalue weighted by atomic mass is 15.2. The molecule has 0 fully saturated rings. The van der Waals surface area contributed by atoms with Gasteiger partial charge in [-0.25, -0.2) is 0 Å². The third kappa shape index (κ3) is 5.68. The Hall–Kier alpha value is -0.120. The van der Waals surface area contributed by atoms with E-state index >= 15 is 0 Å². The summed E-state index contributed by atoms with van der Waals surface area (Å²) in [5.41, 5.74) is 6.30. The van der Waals surface area contributed by atoms with Gasteiger partial charge in [-0.05, 0) is 59.4 Å². The van der Waals surface area contributed by atoms with Crippen molar-refractivity contribution in [1.82, 2.24) is 9.80 Å². The molecule has 0 spiro atoms. The van der Waals surface area contributed by atoms with Crippen molar-refractivity contribution >= 4 is 0 Å². The summed E-state index contributed by atoms with van der Waals surface area (Å²) in [5.74, 6) is 0.754. The van der Waals surface area contributed by atoms with E-state index in [1.165, 1.54) is 19.3 Å². The molecule has 0 heterocycles. The van der Waals surface area contributed by atoms with Gasteiger partial charge in [-0.1, -0.05) is 27.2 Å². The van der Waals surface area contributed by atoms with Crippen molar-refractivity contribution in [3.63, 3.8) is 0 Å². The van der Waals surface area contributed by atoms with Gasteiger partial charge in [-0.3, -0.25) is 4.90 Å². The molecule has 2 unspecified atom stereocenters. The molecule has 0 saturated carbocycles. The smallest absolute Gasteiger partial charge is 0.0328 e. The van der Waals surface area contributed by atoms with Crippen LogP contribution in [0.2, 0.25) is 0 Å². The van der Waals surface area contributed by atoms with E-state index < -0.39 is 0 Å². The SMILES string of the molecule is CCC(C)CC(CC)(CN)N(C)CCCN(C)C. The number of rotatable bonds is 10. The zero-order valence-corrected chi connectivity index (χ0v) is 13.5. The highest BCUT2D eigenvalue weighted by molar-refractivity contribution is 4.90. The van der Waals surface area contributed by atoms with Crippen molar-refractivity contribution in [3.8, 4) is 0 Å². The molecule has 0 aliphatic carbocycles. The number of nitrogens with zero attached hydrogens (tertiary/aromatic N) is 2. The molecule has 0 aromatic carbocycles. The van der Waals surface area contributed by atoms with E-state index in [0.29, 0.717) is 0 Å². The molecule has 2 N–H and O–H groups in total. The molecule has 0 saturated heterocycles. The predicted molar refractivity (Wildman–Crippen MR) is 81.9 cm³/mol. The minimum atomic E-state index is 0.196. The Balaban J connectivity index is 4.45. The standard InChI is InChI=1S/C15H35N3/c1-7-14(3)12-15(8-2,13-16)18(6)11-9-10-17(4)5/h14H,7-13,16H2,1-6H3. The first kappa shape index (κ1) is 17.9. The molecule has 0 radical (unpaired) electrons. The minimum absolute atomic E-state index is 0.196. The molecule has 3 heteroatoms. The van der Waals surface area contributed by atoms with Gasteiger partial charge in [-0.2, -0.15) is 0 Å². The molecular formula is C15H35N3. The van der Waals surface area contributed by atoms with Gasteiger partial charge < -0.3 is 10.6 Å². The van der Waals surface area contributed by atoms with Crippen LogP contribution in [0.4, 0.5) is 0 Å². The quantitative estimate of drug-likeness (QED) is 0.652. The first-order valence-electron chi connectivity index (χ1n) is 7.47. The van der Waals surface area contributed by atoms with Crippen molar-refractivity contribution in [3.05, 3.63) is 0 Å². The van der Waals surface area contributed by atoms with Crippen LogP contribution >= 0.6 is 0 Å². The molecule has 0 amide bonds. The van der Waals surface area contributed by atoms with E-state index in [0.717, 1.165) is 32.0 Å². The maximum atomic E-state index is 6.10. The van der Waals surface area contributed by atoms with Crippen LogP contribution < -0.4 is 5.73 Å². The lowest BCUT2D eigenvalue weighted by Gasteiger charge is -2.42. The molecule has 0 rings (SSSR count). The Kier molecular flexibility index (Phi) is 8.83. The minimum Gasteiger partial charge on any atom is -0.329 e. The summed E-state index contributed by atoms with van der Waals surface area (Å²) >= 11 is 0. The molecule has 2 atom stereocenters. The molecule has 0 aromatic heterocycles. The number of nitrogens with two attached hydrogens (primary N) is 1. The van der Waals surface area contributed by atoms with Crippen LogP contribution in [0.15, 0.2) is 0 Å². The molecule has 3 nitrogen and oxygen atoms in total. The normalized spacial score (nSPS) is 17.2. The third-order valence-corrected chi connectivity index (χ3v) is 4.37. The summed E-state index contributed by atoms with van der Waals surface area (Å²) < 4.78 is 0. The monoisotopic (exact) mass is 257 g/mol. The number of hydrogen-bond acceptors (Lipinski definition) is 3. The Morgan fingerprint density at radius 2 is 1.72 bits per heavy atom. The summed E-state index contributed by atoms with van der Waals surface area (Å²) in [5, 5.41) is 0. The fourth-order valence-electron chi connectivity index (χ4n) is 2.61. The molecular weight excluding hydrogens is 222 g/mol. The second kappa shape index (κ2) is 8.89. The van der Waals surface area contributed by atoms with E-state index in [2.05, 4.69) is 51.7 Å². The average Bonchev–Trinajstić information content (AvgIpc) is 2.35. The Morgan fingerprint density at radius 3 is 2.11 bits per heavy atom. The summed E-state index contributed by atoms with van der Waals surface area (Å²) in [6.45, 7) is 9.95. The molecule has 0 aliphatic rings. The van der Waals surface area contributed by atoms with Gasteiger partial charge in [0.15, 0.2) is 0 Å². The van der Waals surface area contributed by atoms with Crippen molar-refractivity contribution < 1.29 is 0 Å². The number of likely N-dealkylation sites (N-methyl/N-ethyl adjacent to an activating group) is 1. The second-order valence-corrected chi connectivity index (χ2v) is 6.08. The van der Waals surface area contributed by atoms with Crippen LogP contribution in [0.3, 0.4) is 0 Å². The van der Waals surface area contributed by atoms with Crippen LogP contribution in [0, 0.1) is 5.92 Å². The van der Waals surface area contributed by atoms with Crippen molar-refractivity contribution in [2.75, 3.05) is 40.8 Å². The Labute approximate surface area is 115 Å². The molecule has 0 aromatic rings. The van der Waals surface area contributed by atoms with E-state index in [4.69, 9.17) is 5.73 Å². The van der Waals surface area contributed by atoms with Crippen molar-refractivity contribution in [2.24, 2.45) is 11.7 Å². The van der Waals surface area contributed by atoms with Crippen LogP contribution in [0.25, 0.3) is 0 Å². The van der Waals surface area contributed by atoms with Gasteiger partial charge >= 0.3 is 0 Å². The van der Waals surface area contributed by atoms with E-state index in [-0.39, 0.29) is 5.54 Å². The topological polar surface area (TPSA) is 32.5 Å². The highest BCUT2D eigenvalue weighted by Crippen LogP contribution is 2.27. The maximum Gasteiger partial charge on any atom is 0.0328 e. The molecule has 110 valence electrons. The van der Waals surface area contributed by atoms with Crippen molar-refractivity contribution in [1.29, 1.82) is 0 Å².